The molecule has 1 aliphatic heterocycles. The van der Waals surface area contributed by atoms with Gasteiger partial charge in [0, 0.05) is 23.3 Å². The molecular formula is C26H38O9. The third-order valence-corrected chi connectivity index (χ3v) is 8.22. The summed E-state index contributed by atoms with van der Waals surface area (Å²) in [5.41, 5.74) is -0.0712. The zero-order valence-electron chi connectivity index (χ0n) is 20.7. The standard InChI is InChI=1S/C26H38O9/c1-11-6-7-13(25(3,4)32)9-15-17(11)18-14(8-12(2)19(18)28)23(26(15,5)33)35-24-22(31)21(30)20(29)16(10-27)34-24/h9,12,15-17,20-24,27,29-33H,1,6-8,10H2,2-5H3/t12-,15+,16-,17-,20-,21+,22-,23-,24+,26+/m1/s1. The smallest absolute Gasteiger partial charge is 0.187 e. The van der Waals surface area contributed by atoms with Crippen LogP contribution in [0.15, 0.2) is 34.9 Å². The summed E-state index contributed by atoms with van der Waals surface area (Å²) in [6.45, 7) is 10.4. The molecule has 10 atom stereocenters. The molecule has 6 N–H and O–H groups in total. The van der Waals surface area contributed by atoms with Crippen LogP contribution in [-0.4, -0.2) is 91.0 Å². The van der Waals surface area contributed by atoms with Crippen molar-refractivity contribution < 1.29 is 44.9 Å². The van der Waals surface area contributed by atoms with Crippen molar-refractivity contribution in [2.45, 2.75) is 95.0 Å². The van der Waals surface area contributed by atoms with E-state index < -0.39 is 66.5 Å². The van der Waals surface area contributed by atoms with E-state index in [0.29, 0.717) is 30.4 Å². The van der Waals surface area contributed by atoms with Crippen molar-refractivity contribution in [1.82, 2.24) is 0 Å². The average molecular weight is 495 g/mol. The van der Waals surface area contributed by atoms with Gasteiger partial charge in [-0.3, -0.25) is 4.79 Å². The van der Waals surface area contributed by atoms with Crippen molar-refractivity contribution in [3.63, 3.8) is 0 Å². The molecule has 1 heterocycles. The molecule has 0 amide bonds. The fourth-order valence-corrected chi connectivity index (χ4v) is 6.12. The molecule has 0 aromatic rings. The van der Waals surface area contributed by atoms with Crippen LogP contribution in [0.5, 0.6) is 0 Å². The maximum Gasteiger partial charge on any atom is 0.187 e. The highest BCUT2D eigenvalue weighted by atomic mass is 16.7. The molecule has 0 aromatic heterocycles. The molecule has 1 fully saturated rings. The molecule has 0 unspecified atom stereocenters. The summed E-state index contributed by atoms with van der Waals surface area (Å²) >= 11 is 0. The lowest BCUT2D eigenvalue weighted by Crippen LogP contribution is -2.62. The van der Waals surface area contributed by atoms with Crippen LogP contribution in [-0.2, 0) is 14.3 Å². The molecule has 1 saturated heterocycles. The summed E-state index contributed by atoms with van der Waals surface area (Å²) in [7, 11) is 0. The zero-order valence-corrected chi connectivity index (χ0v) is 20.7. The molecular weight excluding hydrogens is 456 g/mol. The zero-order chi connectivity index (χ0) is 26.0. The van der Waals surface area contributed by atoms with Gasteiger partial charge in [-0.25, -0.2) is 0 Å². The third-order valence-electron chi connectivity index (χ3n) is 8.22. The van der Waals surface area contributed by atoms with E-state index in [2.05, 4.69) is 6.58 Å². The van der Waals surface area contributed by atoms with Crippen molar-refractivity contribution in [1.29, 1.82) is 0 Å². The van der Waals surface area contributed by atoms with Crippen LogP contribution >= 0.6 is 0 Å². The lowest BCUT2D eigenvalue weighted by Gasteiger charge is -2.49. The minimum absolute atomic E-state index is 0.0471. The van der Waals surface area contributed by atoms with E-state index in [9.17, 15) is 35.4 Å². The second kappa shape index (κ2) is 9.15. The Labute approximate surface area is 205 Å². The van der Waals surface area contributed by atoms with Gasteiger partial charge in [-0.15, -0.1) is 0 Å². The molecule has 9 nitrogen and oxygen atoms in total. The van der Waals surface area contributed by atoms with Crippen LogP contribution in [0.4, 0.5) is 0 Å². The Hall–Kier alpha value is -1.43. The first-order chi connectivity index (χ1) is 16.2. The van der Waals surface area contributed by atoms with Crippen molar-refractivity contribution in [3.05, 3.63) is 34.9 Å². The topological polar surface area (TPSA) is 157 Å². The Bertz CT molecular complexity index is 941. The highest BCUT2D eigenvalue weighted by Crippen LogP contribution is 2.54. The van der Waals surface area contributed by atoms with Crippen LogP contribution < -0.4 is 0 Å². The molecule has 0 radical (unpaired) electrons. The lowest BCUT2D eigenvalue weighted by atomic mass is 9.63. The summed E-state index contributed by atoms with van der Waals surface area (Å²) in [6.07, 6.45) is -5.27. The van der Waals surface area contributed by atoms with Gasteiger partial charge < -0.3 is 40.1 Å². The number of aliphatic hydroxyl groups excluding tert-OH is 4. The summed E-state index contributed by atoms with van der Waals surface area (Å²) < 4.78 is 11.7. The van der Waals surface area contributed by atoms with Gasteiger partial charge in [-0.1, -0.05) is 25.2 Å². The number of aliphatic hydroxyl groups is 6. The van der Waals surface area contributed by atoms with Crippen LogP contribution in [0.3, 0.4) is 0 Å². The molecule has 0 aromatic carbocycles. The second-order valence-electron chi connectivity index (χ2n) is 11.3. The number of carbonyl (C=O) groups is 1. The molecule has 3 aliphatic carbocycles. The van der Waals surface area contributed by atoms with E-state index >= 15 is 0 Å². The Kier molecular flexibility index (Phi) is 6.96. The molecule has 9 heteroatoms. The molecule has 4 rings (SSSR count). The van der Waals surface area contributed by atoms with Crippen molar-refractivity contribution in [2.75, 3.05) is 6.61 Å². The average Bonchev–Trinajstić information content (AvgIpc) is 2.93. The highest BCUT2D eigenvalue weighted by Gasteiger charge is 2.58. The number of carbonyl (C=O) groups excluding carboxylic acids is 1. The highest BCUT2D eigenvalue weighted by molar-refractivity contribution is 6.02. The number of fused-ring (bicyclic) bond motifs is 2. The van der Waals surface area contributed by atoms with Crippen molar-refractivity contribution in [2.24, 2.45) is 17.8 Å². The molecule has 35 heavy (non-hydrogen) atoms. The minimum Gasteiger partial charge on any atom is -0.394 e. The molecule has 0 spiro atoms. The predicted molar refractivity (Wildman–Crippen MR) is 125 cm³/mol. The third kappa shape index (κ3) is 4.36. The second-order valence-corrected chi connectivity index (χ2v) is 11.3. The fourth-order valence-electron chi connectivity index (χ4n) is 6.12. The lowest BCUT2D eigenvalue weighted by molar-refractivity contribution is -0.321. The van der Waals surface area contributed by atoms with E-state index in [1.165, 1.54) is 0 Å². The maximum atomic E-state index is 13.3. The van der Waals surface area contributed by atoms with Gasteiger partial charge in [0.2, 0.25) is 0 Å². The van der Waals surface area contributed by atoms with Gasteiger partial charge in [0.25, 0.3) is 0 Å². The number of hydrogen-bond donors (Lipinski definition) is 6. The summed E-state index contributed by atoms with van der Waals surface area (Å²) in [6, 6.07) is 0. The number of ketones is 1. The summed E-state index contributed by atoms with van der Waals surface area (Å²) in [4.78, 5) is 13.3. The van der Waals surface area contributed by atoms with Crippen molar-refractivity contribution >= 4 is 5.78 Å². The number of ether oxygens (including phenoxy) is 2. The molecule has 0 saturated carbocycles. The number of Topliss-reactive ketones (excluding diaryl/α,β-unsaturated/α-hetero) is 1. The van der Waals surface area contributed by atoms with Gasteiger partial charge >= 0.3 is 0 Å². The number of allylic oxidation sites excluding steroid dienone is 2. The van der Waals surface area contributed by atoms with Crippen molar-refractivity contribution in [3.8, 4) is 0 Å². The van der Waals surface area contributed by atoms with Gasteiger partial charge in [0.1, 0.15) is 30.5 Å². The van der Waals surface area contributed by atoms with Crippen LogP contribution in [0.1, 0.15) is 47.0 Å². The molecule has 4 aliphatic rings. The first-order valence-corrected chi connectivity index (χ1v) is 12.3. The largest absolute Gasteiger partial charge is 0.394 e. The fraction of sp³-hybridized carbons (Fsp3) is 0.731. The van der Waals surface area contributed by atoms with Gasteiger partial charge in [0.15, 0.2) is 12.1 Å². The molecule has 0 bridgehead atoms. The van der Waals surface area contributed by atoms with E-state index in [4.69, 9.17) is 9.47 Å². The quantitative estimate of drug-likeness (QED) is 0.299. The van der Waals surface area contributed by atoms with Crippen LogP contribution in [0, 0.1) is 17.8 Å². The van der Waals surface area contributed by atoms with E-state index in [0.717, 1.165) is 11.1 Å². The Morgan fingerprint density at radius 1 is 1.20 bits per heavy atom. The Balaban J connectivity index is 1.81. The van der Waals surface area contributed by atoms with Crippen LogP contribution in [0.2, 0.25) is 0 Å². The van der Waals surface area contributed by atoms with Gasteiger partial charge in [0.05, 0.1) is 17.8 Å². The summed E-state index contributed by atoms with van der Waals surface area (Å²) in [5, 5.41) is 63.2. The Morgan fingerprint density at radius 2 is 1.86 bits per heavy atom. The number of hydrogen-bond acceptors (Lipinski definition) is 9. The normalized spacial score (nSPS) is 44.6. The SMILES string of the molecule is C=C1CCC(C(C)(C)O)=C[C@H]2[C@@H]1C1=C(C[C@@H](C)C1=O)[C@@H](O[C@@H]1O[C@H](CO)[C@@H](O)[C@H](O)[C@H]1O)[C@@]2(C)O. The summed E-state index contributed by atoms with van der Waals surface area (Å²) in [5.74, 6) is -1.48. The van der Waals surface area contributed by atoms with E-state index in [1.54, 1.807) is 20.8 Å². The number of rotatable bonds is 4. The van der Waals surface area contributed by atoms with Gasteiger partial charge in [-0.2, -0.15) is 0 Å². The Morgan fingerprint density at radius 3 is 2.46 bits per heavy atom. The van der Waals surface area contributed by atoms with E-state index in [1.807, 2.05) is 13.0 Å². The van der Waals surface area contributed by atoms with Gasteiger partial charge in [-0.05, 0) is 51.2 Å². The predicted octanol–water partition coefficient (Wildman–Crippen LogP) is 0.121. The van der Waals surface area contributed by atoms with E-state index in [-0.39, 0.29) is 11.7 Å². The van der Waals surface area contributed by atoms with Crippen LogP contribution in [0.25, 0.3) is 0 Å². The molecule has 196 valence electrons. The first kappa shape index (κ1) is 26.6. The maximum absolute atomic E-state index is 13.3. The first-order valence-electron chi connectivity index (χ1n) is 12.3. The monoisotopic (exact) mass is 494 g/mol. The minimum atomic E-state index is -1.65.